The minimum absolute atomic E-state index is 0.00394. The van der Waals surface area contributed by atoms with Gasteiger partial charge < -0.3 is 14.2 Å². The van der Waals surface area contributed by atoms with E-state index in [9.17, 15) is 19.2 Å². The molecule has 27 heavy (non-hydrogen) atoms. The summed E-state index contributed by atoms with van der Waals surface area (Å²) < 4.78 is 15.7. The molecular weight excluding hydrogens is 354 g/mol. The molecule has 0 bridgehead atoms. The van der Waals surface area contributed by atoms with Crippen LogP contribution in [0.15, 0.2) is 35.7 Å². The molecule has 140 valence electrons. The Labute approximate surface area is 155 Å². The normalized spacial score (nSPS) is 14.7. The molecule has 1 heterocycles. The Bertz CT molecular complexity index is 926. The molecule has 8 nitrogen and oxygen atoms in total. The van der Waals surface area contributed by atoms with E-state index < -0.39 is 17.9 Å². The predicted molar refractivity (Wildman–Crippen MR) is 93.0 cm³/mol. The van der Waals surface area contributed by atoms with Crippen molar-refractivity contribution in [2.45, 2.75) is 33.6 Å². The van der Waals surface area contributed by atoms with Gasteiger partial charge in [-0.05, 0) is 24.6 Å². The van der Waals surface area contributed by atoms with E-state index in [0.717, 1.165) is 6.92 Å². The number of anilines is 1. The van der Waals surface area contributed by atoms with Gasteiger partial charge in [-0.25, -0.2) is 4.79 Å². The summed E-state index contributed by atoms with van der Waals surface area (Å²) in [7, 11) is 0. The highest BCUT2D eigenvalue weighted by atomic mass is 16.6. The fourth-order valence-electron chi connectivity index (χ4n) is 2.97. The van der Waals surface area contributed by atoms with Crippen molar-refractivity contribution < 1.29 is 33.4 Å². The number of benzene rings is 1. The lowest BCUT2D eigenvalue weighted by Gasteiger charge is -2.34. The van der Waals surface area contributed by atoms with Gasteiger partial charge in [0.2, 0.25) is 5.91 Å². The van der Waals surface area contributed by atoms with Gasteiger partial charge in [-0.2, -0.15) is 0 Å². The monoisotopic (exact) mass is 371 g/mol. The Morgan fingerprint density at radius 1 is 1.07 bits per heavy atom. The molecular formula is C19H17NO7. The summed E-state index contributed by atoms with van der Waals surface area (Å²) in [5.41, 5.74) is 0.636. The molecule has 1 aliphatic heterocycles. The zero-order valence-corrected chi connectivity index (χ0v) is 15.0. The first kappa shape index (κ1) is 18.4. The molecule has 8 heteroatoms. The number of hydrogen-bond donors (Lipinski definition) is 0. The first-order valence-electron chi connectivity index (χ1n) is 8.26. The van der Waals surface area contributed by atoms with Gasteiger partial charge in [0.1, 0.15) is 17.1 Å². The van der Waals surface area contributed by atoms with E-state index in [1.165, 1.54) is 30.9 Å². The van der Waals surface area contributed by atoms with Crippen LogP contribution < -0.4 is 14.4 Å². The van der Waals surface area contributed by atoms with Crippen molar-refractivity contribution in [2.24, 2.45) is 0 Å². The zero-order chi connectivity index (χ0) is 19.7. The van der Waals surface area contributed by atoms with E-state index in [4.69, 9.17) is 9.47 Å². The van der Waals surface area contributed by atoms with Crippen molar-refractivity contribution in [3.05, 3.63) is 41.3 Å². The Hall–Kier alpha value is -3.42. The van der Waals surface area contributed by atoms with Crippen LogP contribution in [-0.4, -0.2) is 23.8 Å². The number of carbonyl (C=O) groups is 4. The van der Waals surface area contributed by atoms with E-state index >= 15 is 0 Å². The van der Waals surface area contributed by atoms with E-state index in [2.05, 4.69) is 4.74 Å². The third-order valence-electron chi connectivity index (χ3n) is 3.91. The van der Waals surface area contributed by atoms with Crippen LogP contribution in [0.1, 0.15) is 44.0 Å². The number of allylic oxidation sites excluding steroid dienone is 3. The van der Waals surface area contributed by atoms with Crippen LogP contribution in [-0.2, 0) is 19.1 Å². The maximum atomic E-state index is 12.5. The first-order chi connectivity index (χ1) is 12.8. The molecule has 0 aromatic heterocycles. The van der Waals surface area contributed by atoms with Gasteiger partial charge in [0.25, 0.3) is 0 Å². The van der Waals surface area contributed by atoms with Crippen molar-refractivity contribution in [3.63, 3.8) is 0 Å². The van der Waals surface area contributed by atoms with Crippen molar-refractivity contribution in [1.82, 2.24) is 0 Å². The minimum Gasteiger partial charge on any atom is -0.456 e. The smallest absolute Gasteiger partial charge is 0.353 e. The Balaban J connectivity index is 2.22. The summed E-state index contributed by atoms with van der Waals surface area (Å²) in [5, 5.41) is 0. The molecule has 0 radical (unpaired) electrons. The first-order valence-corrected chi connectivity index (χ1v) is 8.26. The maximum absolute atomic E-state index is 12.5. The van der Waals surface area contributed by atoms with Gasteiger partial charge in [-0.15, -0.1) is 0 Å². The van der Waals surface area contributed by atoms with Crippen LogP contribution in [0.25, 0.3) is 0 Å². The maximum Gasteiger partial charge on any atom is 0.353 e. The Kier molecular flexibility index (Phi) is 4.81. The van der Waals surface area contributed by atoms with Crippen molar-refractivity contribution in [2.75, 3.05) is 4.90 Å². The summed E-state index contributed by atoms with van der Waals surface area (Å²) in [6.07, 6.45) is 4.92. The molecule has 0 fully saturated rings. The Morgan fingerprint density at radius 3 is 2.44 bits per heavy atom. The number of hydrogen-bond acceptors (Lipinski definition) is 7. The lowest BCUT2D eigenvalue weighted by atomic mass is 10.0. The molecule has 3 rings (SSSR count). The molecule has 0 atom stereocenters. The van der Waals surface area contributed by atoms with Crippen LogP contribution in [0.2, 0.25) is 0 Å². The topological polar surface area (TPSA) is 99.2 Å². The molecule has 1 aromatic rings. The number of rotatable bonds is 2. The van der Waals surface area contributed by atoms with Gasteiger partial charge in [-0.1, -0.05) is 6.08 Å². The molecule has 0 spiro atoms. The molecule has 2 aliphatic rings. The summed E-state index contributed by atoms with van der Waals surface area (Å²) in [4.78, 5) is 48.9. The molecule has 1 amide bonds. The summed E-state index contributed by atoms with van der Waals surface area (Å²) in [6, 6.07) is 2.86. The highest BCUT2D eigenvalue weighted by Crippen LogP contribution is 2.46. The largest absolute Gasteiger partial charge is 0.456 e. The van der Waals surface area contributed by atoms with E-state index in [-0.39, 0.29) is 23.0 Å². The van der Waals surface area contributed by atoms with E-state index in [1.54, 1.807) is 6.08 Å². The average molecular weight is 371 g/mol. The number of esters is 3. The van der Waals surface area contributed by atoms with E-state index in [1.807, 2.05) is 6.08 Å². The Morgan fingerprint density at radius 2 is 1.81 bits per heavy atom. The molecule has 1 aromatic carbocycles. The lowest BCUT2D eigenvalue weighted by Crippen LogP contribution is -2.33. The van der Waals surface area contributed by atoms with Crippen molar-refractivity contribution in [3.8, 4) is 11.5 Å². The fourth-order valence-corrected chi connectivity index (χ4v) is 2.97. The molecule has 1 aliphatic carbocycles. The van der Waals surface area contributed by atoms with Crippen molar-refractivity contribution >= 4 is 29.5 Å². The van der Waals surface area contributed by atoms with Gasteiger partial charge in [-0.3, -0.25) is 19.3 Å². The number of carbonyl (C=O) groups excluding carboxylic acids is 4. The second kappa shape index (κ2) is 7.06. The molecule has 0 saturated carbocycles. The lowest BCUT2D eigenvalue weighted by molar-refractivity contribution is -0.135. The summed E-state index contributed by atoms with van der Waals surface area (Å²) in [6.45, 7) is 3.64. The summed E-state index contributed by atoms with van der Waals surface area (Å²) in [5.74, 6) is -2.43. The highest BCUT2D eigenvalue weighted by molar-refractivity contribution is 6.06. The molecule has 0 saturated heterocycles. The van der Waals surface area contributed by atoms with E-state index in [0.29, 0.717) is 30.0 Å². The van der Waals surface area contributed by atoms with Crippen LogP contribution in [0, 0.1) is 0 Å². The van der Waals surface area contributed by atoms with Crippen LogP contribution in [0.3, 0.4) is 0 Å². The highest BCUT2D eigenvalue weighted by Gasteiger charge is 2.35. The van der Waals surface area contributed by atoms with Gasteiger partial charge in [0.15, 0.2) is 5.75 Å². The van der Waals surface area contributed by atoms with Crippen LogP contribution in [0.4, 0.5) is 5.69 Å². The fraction of sp³-hybridized carbons (Fsp3) is 0.263. The number of ether oxygens (including phenoxy) is 3. The minimum atomic E-state index is -1.03. The zero-order valence-electron chi connectivity index (χ0n) is 15.0. The third-order valence-corrected chi connectivity index (χ3v) is 3.91. The van der Waals surface area contributed by atoms with Crippen LogP contribution in [0.5, 0.6) is 11.5 Å². The number of amides is 1. The van der Waals surface area contributed by atoms with Crippen LogP contribution >= 0.6 is 0 Å². The molecule has 0 N–H and O–H groups in total. The number of nitrogens with zero attached hydrogens (tertiary/aromatic N) is 1. The predicted octanol–water partition coefficient (Wildman–Crippen LogP) is 2.62. The quantitative estimate of drug-likeness (QED) is 0.448. The van der Waals surface area contributed by atoms with Gasteiger partial charge >= 0.3 is 17.9 Å². The second-order valence-electron chi connectivity index (χ2n) is 5.97. The standard InChI is InChI=1S/C19H17NO7/c1-10(21)20-13-6-4-5-7-15(13)27-18-14(20)8-9-16(25-11(2)22)17(18)19(24)26-12(3)23/h4,6,8-9H,5,7H2,1-3H3. The van der Waals surface area contributed by atoms with Crippen molar-refractivity contribution in [1.29, 1.82) is 0 Å². The van der Waals surface area contributed by atoms with Gasteiger partial charge in [0.05, 0.1) is 11.4 Å². The second-order valence-corrected chi connectivity index (χ2v) is 5.97. The summed E-state index contributed by atoms with van der Waals surface area (Å²) >= 11 is 0. The van der Waals surface area contributed by atoms with Gasteiger partial charge in [0, 0.05) is 27.2 Å². The molecule has 0 unspecified atom stereocenters. The SMILES string of the molecule is CC(=O)OC(=O)c1c(OC(C)=O)ccc2c1OC1=C(C=CCC1)N2C(C)=O. The number of fused-ring (bicyclic) bond motifs is 1. The average Bonchev–Trinajstić information content (AvgIpc) is 2.57. The third kappa shape index (κ3) is 3.46.